The second-order valence-electron chi connectivity index (χ2n) is 3.05. The highest BCUT2D eigenvalue weighted by Crippen LogP contribution is 2.38. The smallest absolute Gasteiger partial charge is 0.294 e. The van der Waals surface area contributed by atoms with E-state index in [1.165, 1.54) is 18.2 Å². The van der Waals surface area contributed by atoms with Gasteiger partial charge in [0.05, 0.1) is 5.02 Å². The van der Waals surface area contributed by atoms with Crippen molar-refractivity contribution < 1.29 is 18.0 Å². The van der Waals surface area contributed by atoms with Crippen LogP contribution in [0.5, 0.6) is 0 Å². The van der Waals surface area contributed by atoms with Gasteiger partial charge in [-0.3, -0.25) is 4.79 Å². The number of Topliss-reactive ketones (excluding diaryl/α,β-unsaturated/α-hetero) is 1. The summed E-state index contributed by atoms with van der Waals surface area (Å²) in [7, 11) is 0. The molecule has 0 saturated heterocycles. The number of rotatable bonds is 4. The number of hydrogen-bond acceptors (Lipinski definition) is 2. The van der Waals surface area contributed by atoms with Gasteiger partial charge in [0.2, 0.25) is 0 Å². The molecule has 0 aliphatic heterocycles. The Morgan fingerprint density at radius 2 is 2.06 bits per heavy atom. The first-order chi connectivity index (χ1) is 7.83. The van der Waals surface area contributed by atoms with Gasteiger partial charge in [-0.05, 0) is 30.0 Å². The average molecular weight is 348 g/mol. The van der Waals surface area contributed by atoms with Crippen molar-refractivity contribution >= 4 is 45.1 Å². The van der Waals surface area contributed by atoms with Crippen LogP contribution in [0.1, 0.15) is 16.8 Å². The predicted molar refractivity (Wildman–Crippen MR) is 66.1 cm³/mol. The Kier molecular flexibility index (Phi) is 5.34. The number of carbonyl (C=O) groups is 1. The topological polar surface area (TPSA) is 17.1 Å². The lowest BCUT2D eigenvalue weighted by Crippen LogP contribution is -2.03. The molecule has 0 atom stereocenters. The highest BCUT2D eigenvalue weighted by Gasteiger charge is 2.29. The summed E-state index contributed by atoms with van der Waals surface area (Å²) in [5.74, 6) is -0.281. The second-order valence-corrected chi connectivity index (χ2v) is 5.39. The van der Waals surface area contributed by atoms with Crippen LogP contribution < -0.4 is 0 Å². The van der Waals surface area contributed by atoms with Gasteiger partial charge in [-0.1, -0.05) is 27.5 Å². The molecule has 7 heteroatoms. The van der Waals surface area contributed by atoms with Crippen LogP contribution in [0.4, 0.5) is 13.2 Å². The quantitative estimate of drug-likeness (QED) is 0.437. The van der Waals surface area contributed by atoms with Gasteiger partial charge >= 0.3 is 5.51 Å². The van der Waals surface area contributed by atoms with Crippen molar-refractivity contribution in [2.24, 2.45) is 0 Å². The van der Waals surface area contributed by atoms with Crippen LogP contribution in [0.25, 0.3) is 0 Å². The van der Waals surface area contributed by atoms with Gasteiger partial charge in [-0.2, -0.15) is 13.2 Å². The Bertz CT molecular complexity index is 423. The van der Waals surface area contributed by atoms with Crippen LogP contribution in [-0.2, 0) is 0 Å². The van der Waals surface area contributed by atoms with E-state index in [9.17, 15) is 18.0 Å². The third-order valence-electron chi connectivity index (χ3n) is 1.79. The molecule has 0 fully saturated rings. The minimum Gasteiger partial charge on any atom is -0.294 e. The first-order valence-electron chi connectivity index (χ1n) is 4.48. The molecule has 0 bridgehead atoms. The lowest BCUT2D eigenvalue weighted by Gasteiger charge is -2.08. The van der Waals surface area contributed by atoms with E-state index in [0.717, 1.165) is 0 Å². The number of alkyl halides is 4. The molecule has 0 spiro atoms. The van der Waals surface area contributed by atoms with Crippen LogP contribution in [-0.4, -0.2) is 16.6 Å². The molecule has 0 N–H and O–H groups in total. The molecule has 1 nitrogen and oxygen atoms in total. The third kappa shape index (κ3) is 4.89. The molecular weight excluding hydrogens is 341 g/mol. The largest absolute Gasteiger partial charge is 0.446 e. The zero-order chi connectivity index (χ0) is 13.1. The van der Waals surface area contributed by atoms with Gasteiger partial charge in [0, 0.05) is 22.2 Å². The maximum Gasteiger partial charge on any atom is 0.446 e. The lowest BCUT2D eigenvalue weighted by molar-refractivity contribution is -0.0328. The maximum absolute atomic E-state index is 12.2. The average Bonchev–Trinajstić information content (AvgIpc) is 2.19. The number of hydrogen-bond donors (Lipinski definition) is 0. The van der Waals surface area contributed by atoms with Crippen molar-refractivity contribution in [2.75, 3.05) is 5.33 Å². The summed E-state index contributed by atoms with van der Waals surface area (Å²) >= 11 is 8.60. The Hall–Kier alpha value is -0.200. The molecule has 0 unspecified atom stereocenters. The van der Waals surface area contributed by atoms with Gasteiger partial charge in [-0.15, -0.1) is 0 Å². The maximum atomic E-state index is 12.2. The molecule has 0 heterocycles. The summed E-state index contributed by atoms with van der Waals surface area (Å²) in [6, 6.07) is 3.72. The number of ketones is 1. The fourth-order valence-corrected chi connectivity index (χ4v) is 2.30. The van der Waals surface area contributed by atoms with Crippen molar-refractivity contribution in [1.29, 1.82) is 0 Å². The van der Waals surface area contributed by atoms with Crippen LogP contribution in [0.15, 0.2) is 23.1 Å². The summed E-state index contributed by atoms with van der Waals surface area (Å²) in [6.45, 7) is 0. The van der Waals surface area contributed by atoms with E-state index in [1.54, 1.807) is 0 Å². The molecule has 1 aromatic carbocycles. The molecule has 17 heavy (non-hydrogen) atoms. The Morgan fingerprint density at radius 1 is 1.41 bits per heavy atom. The lowest BCUT2D eigenvalue weighted by atomic mass is 10.1. The highest BCUT2D eigenvalue weighted by molar-refractivity contribution is 9.09. The molecule has 0 aliphatic rings. The van der Waals surface area contributed by atoms with Crippen molar-refractivity contribution in [1.82, 2.24) is 0 Å². The van der Waals surface area contributed by atoms with Gasteiger partial charge in [0.15, 0.2) is 5.78 Å². The standard InChI is InChI=1S/C10H7BrClF3OS/c11-4-3-9(16)7-5-6(1-2-8(7)12)17-10(13,14)15/h1-2,5H,3-4H2. The fraction of sp³-hybridized carbons (Fsp3) is 0.300. The summed E-state index contributed by atoms with van der Waals surface area (Å²) in [5.41, 5.74) is -4.25. The molecule has 0 amide bonds. The van der Waals surface area contributed by atoms with Gasteiger partial charge in [0.25, 0.3) is 0 Å². The molecule has 0 radical (unpaired) electrons. The van der Waals surface area contributed by atoms with Gasteiger partial charge in [-0.25, -0.2) is 0 Å². The molecule has 1 rings (SSSR count). The molecule has 1 aromatic rings. The van der Waals surface area contributed by atoms with Crippen molar-refractivity contribution in [3.63, 3.8) is 0 Å². The minimum atomic E-state index is -4.37. The molecular formula is C10H7BrClF3OS. The minimum absolute atomic E-state index is 0.0418. The second kappa shape index (κ2) is 6.11. The van der Waals surface area contributed by atoms with Crippen LogP contribution in [0.3, 0.4) is 0 Å². The SMILES string of the molecule is O=C(CCBr)c1cc(SC(F)(F)F)ccc1Cl. The summed E-state index contributed by atoms with van der Waals surface area (Å²) < 4.78 is 36.5. The zero-order valence-electron chi connectivity index (χ0n) is 8.35. The normalized spacial score (nSPS) is 11.6. The van der Waals surface area contributed by atoms with E-state index in [4.69, 9.17) is 11.6 Å². The van der Waals surface area contributed by atoms with E-state index in [-0.39, 0.29) is 39.4 Å². The first-order valence-corrected chi connectivity index (χ1v) is 6.79. The number of carbonyl (C=O) groups excluding carboxylic acids is 1. The Morgan fingerprint density at radius 3 is 2.59 bits per heavy atom. The molecule has 0 aromatic heterocycles. The zero-order valence-corrected chi connectivity index (χ0v) is 11.5. The van der Waals surface area contributed by atoms with E-state index in [2.05, 4.69) is 15.9 Å². The van der Waals surface area contributed by atoms with Gasteiger partial charge < -0.3 is 0 Å². The third-order valence-corrected chi connectivity index (χ3v) is 3.24. The number of thioether (sulfide) groups is 1. The number of benzene rings is 1. The number of halogens is 5. The Balaban J connectivity index is 2.98. The van der Waals surface area contributed by atoms with E-state index in [1.807, 2.05) is 0 Å². The highest BCUT2D eigenvalue weighted by atomic mass is 79.9. The summed E-state index contributed by atoms with van der Waals surface area (Å²) in [6.07, 6.45) is 0.194. The Labute approximate surface area is 114 Å². The van der Waals surface area contributed by atoms with Crippen LogP contribution >= 0.6 is 39.3 Å². The summed E-state index contributed by atoms with van der Waals surface area (Å²) in [5, 5.41) is 0.612. The van der Waals surface area contributed by atoms with Crippen molar-refractivity contribution in [3.05, 3.63) is 28.8 Å². The fourth-order valence-electron chi connectivity index (χ4n) is 1.14. The van der Waals surface area contributed by atoms with E-state index >= 15 is 0 Å². The van der Waals surface area contributed by atoms with Gasteiger partial charge in [0.1, 0.15) is 0 Å². The molecule has 0 aliphatic carbocycles. The van der Waals surface area contributed by atoms with Crippen LogP contribution in [0, 0.1) is 0 Å². The van der Waals surface area contributed by atoms with Crippen LogP contribution in [0.2, 0.25) is 5.02 Å². The summed E-state index contributed by atoms with van der Waals surface area (Å²) in [4.78, 5) is 11.5. The molecule has 0 saturated carbocycles. The monoisotopic (exact) mass is 346 g/mol. The van der Waals surface area contributed by atoms with Crippen molar-refractivity contribution in [3.8, 4) is 0 Å². The van der Waals surface area contributed by atoms with E-state index < -0.39 is 5.51 Å². The van der Waals surface area contributed by atoms with Crippen molar-refractivity contribution in [2.45, 2.75) is 16.8 Å². The molecule has 94 valence electrons. The first kappa shape index (κ1) is 14.9. The predicted octanol–water partition coefficient (Wildman–Crippen LogP) is 4.92. The van der Waals surface area contributed by atoms with E-state index in [0.29, 0.717) is 5.33 Å².